The van der Waals surface area contributed by atoms with E-state index in [0.717, 1.165) is 16.9 Å². The summed E-state index contributed by atoms with van der Waals surface area (Å²) in [6.45, 7) is 2.11. The Hall–Kier alpha value is -1.94. The van der Waals surface area contributed by atoms with Gasteiger partial charge in [-0.1, -0.05) is 42.1 Å². The molecule has 2 N–H and O–H groups in total. The van der Waals surface area contributed by atoms with Gasteiger partial charge in [0.2, 0.25) is 0 Å². The molecule has 1 heterocycles. The summed E-state index contributed by atoms with van der Waals surface area (Å²) in [5.41, 5.74) is 10.6. The molecule has 0 aliphatic heterocycles. The zero-order valence-corrected chi connectivity index (χ0v) is 11.4. The Bertz CT molecular complexity index is 721. The number of hydrogen-bond donors (Lipinski definition) is 1. The molecule has 0 amide bonds. The van der Waals surface area contributed by atoms with Crippen molar-refractivity contribution in [2.75, 3.05) is 5.73 Å². The van der Waals surface area contributed by atoms with Crippen molar-refractivity contribution in [1.29, 1.82) is 0 Å². The van der Waals surface area contributed by atoms with E-state index in [-0.39, 0.29) is 0 Å². The fraction of sp³-hybridized carbons (Fsp3) is 0.133. The minimum Gasteiger partial charge on any atom is -0.431 e. The second-order valence-corrected chi connectivity index (χ2v) is 5.32. The van der Waals surface area contributed by atoms with Gasteiger partial charge >= 0.3 is 0 Å². The summed E-state index contributed by atoms with van der Waals surface area (Å²) in [6.07, 6.45) is 0. The van der Waals surface area contributed by atoms with E-state index in [2.05, 4.69) is 24.0 Å². The predicted octanol–water partition coefficient (Wildman–Crippen LogP) is 4.01. The van der Waals surface area contributed by atoms with E-state index in [1.807, 2.05) is 30.3 Å². The van der Waals surface area contributed by atoms with Crippen LogP contribution in [0.3, 0.4) is 0 Å². The van der Waals surface area contributed by atoms with E-state index >= 15 is 0 Å². The highest BCUT2D eigenvalue weighted by molar-refractivity contribution is 7.98. The fourth-order valence-electron chi connectivity index (χ4n) is 1.92. The molecule has 19 heavy (non-hydrogen) atoms. The van der Waals surface area contributed by atoms with Gasteiger partial charge in [-0.3, -0.25) is 0 Å². The molecule has 0 atom stereocenters. The number of nitrogen functional groups attached to an aromatic ring is 1. The lowest BCUT2D eigenvalue weighted by Gasteiger charge is -2.02. The Morgan fingerprint density at radius 3 is 2.79 bits per heavy atom. The number of aromatic nitrogens is 1. The third kappa shape index (κ3) is 2.44. The third-order valence-corrected chi connectivity index (χ3v) is 3.92. The Balaban J connectivity index is 1.83. The van der Waals surface area contributed by atoms with Gasteiger partial charge in [0.15, 0.2) is 5.58 Å². The normalized spacial score (nSPS) is 11.0. The molecule has 3 rings (SSSR count). The monoisotopic (exact) mass is 270 g/mol. The Kier molecular flexibility index (Phi) is 3.17. The van der Waals surface area contributed by atoms with Crippen LogP contribution in [0, 0.1) is 6.92 Å². The quantitative estimate of drug-likeness (QED) is 0.577. The molecule has 0 aliphatic rings. The number of hydrogen-bond acceptors (Lipinski definition) is 4. The molecule has 4 heteroatoms. The van der Waals surface area contributed by atoms with Gasteiger partial charge in [0.05, 0.1) is 5.69 Å². The lowest BCUT2D eigenvalue weighted by molar-refractivity contribution is 0.489. The predicted molar refractivity (Wildman–Crippen MR) is 79.2 cm³/mol. The number of fused-ring (bicyclic) bond motifs is 1. The first-order valence-electron chi connectivity index (χ1n) is 6.06. The van der Waals surface area contributed by atoms with Crippen LogP contribution in [0.2, 0.25) is 0 Å². The molecule has 2 aromatic carbocycles. The van der Waals surface area contributed by atoms with E-state index < -0.39 is 0 Å². The highest BCUT2D eigenvalue weighted by Gasteiger charge is 2.09. The highest BCUT2D eigenvalue weighted by Crippen LogP contribution is 2.29. The Labute approximate surface area is 115 Å². The molecule has 0 spiro atoms. The first-order chi connectivity index (χ1) is 9.24. The highest BCUT2D eigenvalue weighted by atomic mass is 32.2. The molecule has 3 aromatic rings. The largest absolute Gasteiger partial charge is 0.431 e. The SMILES string of the molecule is Cc1ccccc1CSc1nc2c(N)cccc2o1. The minimum absolute atomic E-state index is 0.656. The second kappa shape index (κ2) is 4.97. The minimum atomic E-state index is 0.656. The lowest BCUT2D eigenvalue weighted by Crippen LogP contribution is -1.86. The van der Waals surface area contributed by atoms with E-state index in [1.54, 1.807) is 11.8 Å². The average molecular weight is 270 g/mol. The standard InChI is InChI=1S/C15H14N2OS/c1-10-5-2-3-6-11(10)9-19-15-17-14-12(16)7-4-8-13(14)18-15/h2-8H,9,16H2,1H3. The molecule has 0 fully saturated rings. The molecule has 0 unspecified atom stereocenters. The van der Waals surface area contributed by atoms with Crippen LogP contribution in [-0.2, 0) is 5.75 Å². The molecule has 0 saturated heterocycles. The number of nitrogens with zero attached hydrogens (tertiary/aromatic N) is 1. The van der Waals surface area contributed by atoms with Gasteiger partial charge < -0.3 is 10.2 Å². The van der Waals surface area contributed by atoms with Crippen LogP contribution in [0.1, 0.15) is 11.1 Å². The van der Waals surface area contributed by atoms with Crippen molar-refractivity contribution in [2.24, 2.45) is 0 Å². The van der Waals surface area contributed by atoms with Crippen LogP contribution in [0.4, 0.5) is 5.69 Å². The van der Waals surface area contributed by atoms with Gasteiger partial charge in [-0.05, 0) is 30.2 Å². The van der Waals surface area contributed by atoms with Crippen molar-refractivity contribution in [3.8, 4) is 0 Å². The lowest BCUT2D eigenvalue weighted by atomic mass is 10.1. The van der Waals surface area contributed by atoms with Gasteiger partial charge in [-0.2, -0.15) is 0 Å². The molecule has 0 aliphatic carbocycles. The summed E-state index contributed by atoms with van der Waals surface area (Å²) >= 11 is 1.59. The Morgan fingerprint density at radius 1 is 1.16 bits per heavy atom. The number of nitrogens with two attached hydrogens (primary N) is 1. The van der Waals surface area contributed by atoms with Gasteiger partial charge in [0.1, 0.15) is 5.52 Å². The summed E-state index contributed by atoms with van der Waals surface area (Å²) in [5.74, 6) is 0.847. The fourth-order valence-corrected chi connectivity index (χ4v) is 2.83. The van der Waals surface area contributed by atoms with Crippen LogP contribution in [0.25, 0.3) is 11.1 Å². The molecular weight excluding hydrogens is 256 g/mol. The summed E-state index contributed by atoms with van der Waals surface area (Å²) in [5, 5.41) is 0.663. The zero-order valence-electron chi connectivity index (χ0n) is 10.6. The average Bonchev–Trinajstić information content (AvgIpc) is 2.82. The van der Waals surface area contributed by atoms with Crippen molar-refractivity contribution >= 4 is 28.5 Å². The number of thioether (sulfide) groups is 1. The van der Waals surface area contributed by atoms with Crippen molar-refractivity contribution in [1.82, 2.24) is 4.98 Å². The van der Waals surface area contributed by atoms with Gasteiger partial charge in [0, 0.05) is 5.75 Å². The van der Waals surface area contributed by atoms with E-state index in [0.29, 0.717) is 10.9 Å². The zero-order chi connectivity index (χ0) is 13.2. The number of rotatable bonds is 3. The van der Waals surface area contributed by atoms with Gasteiger partial charge in [-0.15, -0.1) is 0 Å². The topological polar surface area (TPSA) is 52.0 Å². The first kappa shape index (κ1) is 12.1. The van der Waals surface area contributed by atoms with Crippen LogP contribution in [0.15, 0.2) is 52.1 Å². The number of aryl methyl sites for hydroxylation is 1. The van der Waals surface area contributed by atoms with Crippen LogP contribution >= 0.6 is 11.8 Å². The van der Waals surface area contributed by atoms with E-state index in [4.69, 9.17) is 10.2 Å². The molecule has 0 bridgehead atoms. The third-order valence-electron chi connectivity index (χ3n) is 3.04. The molecular formula is C15H14N2OS. The summed E-state index contributed by atoms with van der Waals surface area (Å²) in [6, 6.07) is 13.9. The summed E-state index contributed by atoms with van der Waals surface area (Å²) in [7, 11) is 0. The second-order valence-electron chi connectivity index (χ2n) is 4.39. The molecule has 1 aromatic heterocycles. The number of benzene rings is 2. The van der Waals surface area contributed by atoms with Crippen molar-refractivity contribution < 1.29 is 4.42 Å². The Morgan fingerprint density at radius 2 is 2.00 bits per heavy atom. The number of para-hydroxylation sites is 1. The maximum Gasteiger partial charge on any atom is 0.257 e. The van der Waals surface area contributed by atoms with Gasteiger partial charge in [0.25, 0.3) is 5.22 Å². The number of oxazole rings is 1. The van der Waals surface area contributed by atoms with Crippen molar-refractivity contribution in [2.45, 2.75) is 17.9 Å². The van der Waals surface area contributed by atoms with E-state index in [1.165, 1.54) is 11.1 Å². The van der Waals surface area contributed by atoms with Crippen LogP contribution in [0.5, 0.6) is 0 Å². The van der Waals surface area contributed by atoms with Crippen LogP contribution < -0.4 is 5.73 Å². The smallest absolute Gasteiger partial charge is 0.257 e. The molecule has 0 radical (unpaired) electrons. The van der Waals surface area contributed by atoms with Gasteiger partial charge in [-0.25, -0.2) is 4.98 Å². The molecule has 0 saturated carbocycles. The van der Waals surface area contributed by atoms with Crippen molar-refractivity contribution in [3.05, 3.63) is 53.6 Å². The molecule has 96 valence electrons. The number of anilines is 1. The van der Waals surface area contributed by atoms with E-state index in [9.17, 15) is 0 Å². The van der Waals surface area contributed by atoms with Crippen LogP contribution in [-0.4, -0.2) is 4.98 Å². The molecule has 3 nitrogen and oxygen atoms in total. The first-order valence-corrected chi connectivity index (χ1v) is 7.05. The summed E-state index contributed by atoms with van der Waals surface area (Å²) < 4.78 is 5.68. The van der Waals surface area contributed by atoms with Crippen molar-refractivity contribution in [3.63, 3.8) is 0 Å². The summed E-state index contributed by atoms with van der Waals surface area (Å²) in [4.78, 5) is 4.43. The maximum atomic E-state index is 5.87. The maximum absolute atomic E-state index is 5.87.